The van der Waals surface area contributed by atoms with Gasteiger partial charge in [-0.05, 0) is 152 Å². The Balaban J connectivity index is 0.000000166. The van der Waals surface area contributed by atoms with Gasteiger partial charge in [-0.25, -0.2) is 24.9 Å². The number of hydrogen-bond acceptors (Lipinski definition) is 12. The number of carbonyl (C=O) groups is 3. The van der Waals surface area contributed by atoms with E-state index < -0.39 is 5.92 Å². The van der Waals surface area contributed by atoms with Gasteiger partial charge in [0.2, 0.25) is 0 Å². The Kier molecular flexibility index (Phi) is 21.8. The highest BCUT2D eigenvalue weighted by Crippen LogP contribution is 2.37. The number of hydrogen-bond donors (Lipinski definition) is 1. The minimum Gasteiger partial charge on any atom is -0.468 e. The van der Waals surface area contributed by atoms with Crippen molar-refractivity contribution in [3.05, 3.63) is 173 Å². The molecular formula is C65H74Br2N8O6. The molecule has 1 atom stereocenters. The fourth-order valence-corrected chi connectivity index (χ4v) is 10.7. The minimum absolute atomic E-state index is 0.0306. The van der Waals surface area contributed by atoms with Crippen molar-refractivity contribution in [2.24, 2.45) is 27.6 Å². The number of nitrogens with two attached hydrogens (primary N) is 1. The molecule has 0 bridgehead atoms. The first-order valence-electron chi connectivity index (χ1n) is 27.3. The molecule has 4 aliphatic rings. The van der Waals surface area contributed by atoms with Crippen LogP contribution in [0.5, 0.6) is 0 Å². The van der Waals surface area contributed by atoms with Gasteiger partial charge in [-0.3, -0.25) is 32.8 Å². The fourth-order valence-electron chi connectivity index (χ4n) is 9.99. The first kappa shape index (κ1) is 63.0. The third-order valence-corrected chi connectivity index (χ3v) is 15.5. The Hall–Kier alpha value is -7.14. The first-order valence-corrected chi connectivity index (χ1v) is 28.9. The van der Waals surface area contributed by atoms with Crippen LogP contribution in [-0.4, -0.2) is 58.4 Å². The highest BCUT2D eigenvalue weighted by molar-refractivity contribution is 9.10. The maximum absolute atomic E-state index is 12.8. The molecule has 2 N–H and O–H groups in total. The standard InChI is InChI=1S/C21H19N3O.C14H15BrN2O.C10H16O3.C8H14O.C7H5N.C5H5BrN2/c1-21(2)10-8-17-18(14-21)23-19-13-15(9-12-24(19)20(17)25)6-7-16-5-3-4-11-22-16;1-14(2)5-3-10-11(8-14)16-12-7-9(15)4-6-17(12)13(10)18;1-10(2)5-4-7(8(11)6-10)9(12)13-3;1-8(2)5-3-4-7(9)6-8;1-2-7-5-3-4-6-8-7;6-4-1-2-8-5(7)3-4/h3-5,9,11-13H,8,10,14H2,1-2H3;4,6-7H,3,5,8H2,1-2H3;7H,4-6H2,1-3H3;3-6H2,1-2H3;1,3-6H;1-3H,(H2,7,8). The van der Waals surface area contributed by atoms with Gasteiger partial charge in [0.05, 0.1) is 18.5 Å². The molecule has 11 rings (SSSR count). The molecule has 0 amide bonds. The van der Waals surface area contributed by atoms with Crippen LogP contribution in [0.4, 0.5) is 5.82 Å². The van der Waals surface area contributed by atoms with E-state index in [1.165, 1.54) is 13.5 Å². The molecule has 0 aromatic carbocycles. The number of carbonyl (C=O) groups excluding carboxylic acids is 3. The number of methoxy groups -OCH3 is 1. The third-order valence-electron chi connectivity index (χ3n) is 14.6. The highest BCUT2D eigenvalue weighted by Gasteiger charge is 2.38. The predicted octanol–water partition coefficient (Wildman–Crippen LogP) is 12.2. The van der Waals surface area contributed by atoms with Gasteiger partial charge >= 0.3 is 5.97 Å². The molecule has 2 fully saturated rings. The molecule has 1 unspecified atom stereocenters. The fraction of sp³-hybridized carbons (Fsp3) is 0.415. The van der Waals surface area contributed by atoms with Crippen LogP contribution in [0, 0.1) is 51.8 Å². The molecular weight excluding hydrogens is 1150 g/mol. The number of fused-ring (bicyclic) bond motifs is 4. The number of anilines is 1. The Morgan fingerprint density at radius 1 is 0.630 bits per heavy atom. The molecule has 0 saturated heterocycles. The normalized spacial score (nSPS) is 17.6. The smallest absolute Gasteiger partial charge is 0.316 e. The molecule has 0 spiro atoms. The second-order valence-corrected chi connectivity index (χ2v) is 25.8. The molecule has 0 radical (unpaired) electrons. The summed E-state index contributed by atoms with van der Waals surface area (Å²) in [6.07, 6.45) is 25.1. The van der Waals surface area contributed by atoms with Crippen LogP contribution in [0.25, 0.3) is 11.3 Å². The van der Waals surface area contributed by atoms with E-state index in [1.54, 1.807) is 51.9 Å². The lowest BCUT2D eigenvalue weighted by molar-refractivity contribution is -0.152. The molecule has 81 heavy (non-hydrogen) atoms. The van der Waals surface area contributed by atoms with Crippen molar-refractivity contribution in [2.75, 3.05) is 12.8 Å². The van der Waals surface area contributed by atoms with Crippen molar-refractivity contribution in [3.8, 4) is 24.2 Å². The summed E-state index contributed by atoms with van der Waals surface area (Å²) in [6.45, 7) is 17.4. The van der Waals surface area contributed by atoms with Gasteiger partial charge in [-0.2, -0.15) is 0 Å². The number of ketones is 2. The number of aromatic nitrogens is 7. The zero-order chi connectivity index (χ0) is 59.1. The Morgan fingerprint density at radius 2 is 1.17 bits per heavy atom. The average Bonchev–Trinajstić information content (AvgIpc) is 3.49. The lowest BCUT2D eigenvalue weighted by Gasteiger charge is -2.31. The van der Waals surface area contributed by atoms with E-state index >= 15 is 0 Å². The molecule has 16 heteroatoms. The molecule has 14 nitrogen and oxygen atoms in total. The predicted molar refractivity (Wildman–Crippen MR) is 326 cm³/mol. The van der Waals surface area contributed by atoms with Crippen LogP contribution in [0.15, 0.2) is 122 Å². The minimum atomic E-state index is -0.502. The Morgan fingerprint density at radius 3 is 1.64 bits per heavy atom. The maximum atomic E-state index is 12.8. The monoisotopic (exact) mass is 1220 g/mol. The second kappa shape index (κ2) is 28.0. The first-order chi connectivity index (χ1) is 38.3. The summed E-state index contributed by atoms with van der Waals surface area (Å²) in [6, 6.07) is 22.2. The molecule has 2 saturated carbocycles. The number of nitrogen functional groups attached to an aromatic ring is 1. The number of pyridine rings is 5. The van der Waals surface area contributed by atoms with E-state index in [0.717, 1.165) is 113 Å². The SMILES string of the molecule is C#Cc1ccccn1.CC1(C)CCCC(=O)C1.CC1(C)CCc2c(nc3cc(Br)ccn3c2=O)C1.CC1(C)CCc2c(nc3cc(C#Cc4ccccn4)ccn3c2=O)C1.COC(=O)C1CCC(C)(C)CC1=O.Nc1cc(Br)ccn1. The summed E-state index contributed by atoms with van der Waals surface area (Å²) in [5.41, 5.74) is 13.6. The number of terminal acetylenes is 1. The van der Waals surface area contributed by atoms with Crippen LogP contribution < -0.4 is 16.9 Å². The van der Waals surface area contributed by atoms with Crippen LogP contribution in [0.3, 0.4) is 0 Å². The van der Waals surface area contributed by atoms with Crippen LogP contribution in [-0.2, 0) is 44.8 Å². The van der Waals surface area contributed by atoms with Crippen molar-refractivity contribution in [2.45, 2.75) is 139 Å². The van der Waals surface area contributed by atoms with E-state index in [1.807, 2.05) is 60.7 Å². The van der Waals surface area contributed by atoms with Gasteiger partial charge < -0.3 is 10.5 Å². The van der Waals surface area contributed by atoms with Crippen molar-refractivity contribution in [3.63, 3.8) is 0 Å². The lowest BCUT2D eigenvalue weighted by Crippen LogP contribution is -2.35. The quantitative estimate of drug-likeness (QED) is 0.0930. The number of halogens is 2. The largest absolute Gasteiger partial charge is 0.468 e. The third kappa shape index (κ3) is 19.0. The van der Waals surface area contributed by atoms with Gasteiger partial charge in [-0.15, -0.1) is 6.42 Å². The number of Topliss-reactive ketones (excluding diaryl/α,β-unsaturated/α-hetero) is 2. The molecule has 4 aliphatic carbocycles. The van der Waals surface area contributed by atoms with Crippen molar-refractivity contribution in [1.82, 2.24) is 33.7 Å². The van der Waals surface area contributed by atoms with Gasteiger partial charge in [0.1, 0.15) is 46.0 Å². The van der Waals surface area contributed by atoms with E-state index in [0.29, 0.717) is 41.2 Å². The van der Waals surface area contributed by atoms with E-state index in [9.17, 15) is 24.0 Å². The summed E-state index contributed by atoms with van der Waals surface area (Å²) in [5.74, 6) is 8.70. The summed E-state index contributed by atoms with van der Waals surface area (Å²) in [4.78, 5) is 80.0. The molecule has 7 heterocycles. The zero-order valence-corrected chi connectivity index (χ0v) is 51.2. The molecule has 7 aromatic rings. The second-order valence-electron chi connectivity index (χ2n) is 24.0. The van der Waals surface area contributed by atoms with Gasteiger partial charge in [0.25, 0.3) is 11.1 Å². The summed E-state index contributed by atoms with van der Waals surface area (Å²) in [5, 5.41) is 0. The van der Waals surface area contributed by atoms with Gasteiger partial charge in [-0.1, -0.05) is 111 Å². The van der Waals surface area contributed by atoms with E-state index in [4.69, 9.17) is 17.1 Å². The van der Waals surface area contributed by atoms with E-state index in [-0.39, 0.29) is 39.1 Å². The Labute approximate surface area is 492 Å². The summed E-state index contributed by atoms with van der Waals surface area (Å²) >= 11 is 6.66. The number of rotatable bonds is 1. The topological polar surface area (TPSA) is 194 Å². The van der Waals surface area contributed by atoms with Crippen LogP contribution >= 0.6 is 31.9 Å². The number of ether oxygens (including phenoxy) is 1. The summed E-state index contributed by atoms with van der Waals surface area (Å²) < 4.78 is 9.75. The van der Waals surface area contributed by atoms with E-state index in [2.05, 4.69) is 130 Å². The lowest BCUT2D eigenvalue weighted by atomic mass is 9.72. The van der Waals surface area contributed by atoms with Gasteiger partial charge in [0.15, 0.2) is 0 Å². The van der Waals surface area contributed by atoms with Gasteiger partial charge in [0, 0.05) is 75.9 Å². The Bertz CT molecular complexity index is 3580. The van der Waals surface area contributed by atoms with Crippen molar-refractivity contribution < 1.29 is 19.1 Å². The molecule has 0 aliphatic heterocycles. The molecule has 7 aromatic heterocycles. The zero-order valence-electron chi connectivity index (χ0n) is 48.1. The van der Waals surface area contributed by atoms with Crippen molar-refractivity contribution >= 4 is 66.5 Å². The molecule has 424 valence electrons. The number of esters is 1. The number of nitrogens with zero attached hydrogens (tertiary/aromatic N) is 7. The van der Waals surface area contributed by atoms with Crippen LogP contribution in [0.2, 0.25) is 0 Å². The summed E-state index contributed by atoms with van der Waals surface area (Å²) in [7, 11) is 1.33. The maximum Gasteiger partial charge on any atom is 0.316 e. The van der Waals surface area contributed by atoms with Crippen molar-refractivity contribution in [1.29, 1.82) is 0 Å². The highest BCUT2D eigenvalue weighted by atomic mass is 79.9. The van der Waals surface area contributed by atoms with Crippen LogP contribution in [0.1, 0.15) is 153 Å². The average molecular weight is 1220 g/mol.